The fraction of sp³-hybridized carbons (Fsp3) is 0.200. The van der Waals surface area contributed by atoms with E-state index in [2.05, 4.69) is 9.97 Å². The number of rotatable bonds is 5. The average molecular weight is 343 g/mol. The average Bonchev–Trinajstić information content (AvgIpc) is 2.83. The second kappa shape index (κ2) is 6.87. The molecule has 128 valence electrons. The Morgan fingerprint density at radius 2 is 2.24 bits per heavy atom. The van der Waals surface area contributed by atoms with Crippen molar-refractivity contribution in [3.63, 3.8) is 0 Å². The molecule has 2 aromatic rings. The molecule has 1 aromatic heterocycles. The zero-order chi connectivity index (χ0) is 18.0. The van der Waals surface area contributed by atoms with Gasteiger partial charge in [-0.05, 0) is 11.5 Å². The molecule has 0 fully saturated rings. The van der Waals surface area contributed by atoms with Gasteiger partial charge in [-0.2, -0.15) is 0 Å². The molecule has 0 saturated heterocycles. The summed E-state index contributed by atoms with van der Waals surface area (Å²) in [4.78, 5) is 18.9. The Hall–Kier alpha value is -2.98. The van der Waals surface area contributed by atoms with Gasteiger partial charge in [0.25, 0.3) is 0 Å². The van der Waals surface area contributed by atoms with Crippen LogP contribution in [-0.4, -0.2) is 39.1 Å². The third-order valence-electron chi connectivity index (χ3n) is 3.41. The van der Waals surface area contributed by atoms with Crippen LogP contribution in [0.15, 0.2) is 30.7 Å². The van der Waals surface area contributed by atoms with Crippen molar-refractivity contribution in [3.05, 3.63) is 36.3 Å². The predicted octanol–water partition coefficient (Wildman–Crippen LogP) is 0.878. The van der Waals surface area contributed by atoms with Crippen LogP contribution in [0, 0.1) is 5.41 Å². The minimum absolute atomic E-state index is 0.102. The van der Waals surface area contributed by atoms with Gasteiger partial charge in [-0.25, -0.2) is 4.98 Å². The number of carboxylic acid groups (broad SMARTS) is 1. The van der Waals surface area contributed by atoms with E-state index in [0.717, 1.165) is 0 Å². The number of nitrogens with one attached hydrogen (secondary N) is 1. The minimum atomic E-state index is -1.32. The van der Waals surface area contributed by atoms with E-state index in [-0.39, 0.29) is 29.7 Å². The first-order valence-corrected chi connectivity index (χ1v) is 7.34. The highest BCUT2D eigenvalue weighted by Gasteiger charge is 2.39. The van der Waals surface area contributed by atoms with Gasteiger partial charge in [0.15, 0.2) is 5.90 Å². The van der Waals surface area contributed by atoms with E-state index in [1.54, 1.807) is 0 Å². The number of carbonyl (C=O) groups is 1. The molecule has 0 bridgehead atoms. The molecule has 0 radical (unpaired) electrons. The lowest BCUT2D eigenvalue weighted by molar-refractivity contribution is -0.138. The van der Waals surface area contributed by atoms with Crippen molar-refractivity contribution < 1.29 is 29.1 Å². The Kier molecular flexibility index (Phi) is 4.64. The number of benzene rings is 1. The highest BCUT2D eigenvalue weighted by molar-refractivity contribution is 6.62. The maximum Gasteiger partial charge on any atom is 0.492 e. The monoisotopic (exact) mass is 343 g/mol. The first-order valence-electron chi connectivity index (χ1n) is 7.34. The second-order valence-electron chi connectivity index (χ2n) is 5.30. The van der Waals surface area contributed by atoms with Crippen LogP contribution in [0.1, 0.15) is 25.0 Å². The van der Waals surface area contributed by atoms with Gasteiger partial charge >= 0.3 is 13.1 Å². The molecule has 1 unspecified atom stereocenters. The van der Waals surface area contributed by atoms with Crippen LogP contribution in [0.25, 0.3) is 0 Å². The third kappa shape index (κ3) is 3.75. The molecule has 3 rings (SSSR count). The first kappa shape index (κ1) is 16.9. The van der Waals surface area contributed by atoms with Crippen molar-refractivity contribution in [1.82, 2.24) is 9.97 Å². The van der Waals surface area contributed by atoms with Gasteiger partial charge in [0, 0.05) is 30.9 Å². The summed E-state index contributed by atoms with van der Waals surface area (Å²) in [6.45, 7) is 1.43. The lowest BCUT2D eigenvalue weighted by Crippen LogP contribution is -2.28. The summed E-state index contributed by atoms with van der Waals surface area (Å²) >= 11 is 0. The van der Waals surface area contributed by atoms with E-state index < -0.39 is 19.2 Å². The molecular weight excluding hydrogens is 329 g/mol. The second-order valence-corrected chi connectivity index (χ2v) is 5.30. The van der Waals surface area contributed by atoms with Crippen LogP contribution in [-0.2, 0) is 9.45 Å². The lowest BCUT2D eigenvalue weighted by atomic mass is 9.78. The number of aromatic nitrogens is 2. The minimum Gasteiger partial charge on any atom is -0.481 e. The Bertz CT molecular complexity index is 816. The molecular formula is C15H14BN3O6. The summed E-state index contributed by atoms with van der Waals surface area (Å²) in [5.41, 5.74) is 0.705. The number of nitrogens with zero attached hydrogens (tertiary/aromatic N) is 2. The van der Waals surface area contributed by atoms with Gasteiger partial charge in [0.05, 0.1) is 18.7 Å². The molecule has 10 heteroatoms. The highest BCUT2D eigenvalue weighted by Crippen LogP contribution is 2.37. The molecule has 25 heavy (non-hydrogen) atoms. The maximum atomic E-state index is 11.0. The summed E-state index contributed by atoms with van der Waals surface area (Å²) < 4.78 is 16.3. The Labute approximate surface area is 142 Å². The third-order valence-corrected chi connectivity index (χ3v) is 3.41. The summed E-state index contributed by atoms with van der Waals surface area (Å²) in [5.74, 6) is -0.479. The van der Waals surface area contributed by atoms with Gasteiger partial charge in [0.2, 0.25) is 5.88 Å². The van der Waals surface area contributed by atoms with Crippen LogP contribution < -0.4 is 14.9 Å². The predicted molar refractivity (Wildman–Crippen MR) is 86.3 cm³/mol. The molecule has 0 amide bonds. The van der Waals surface area contributed by atoms with E-state index in [1.165, 1.54) is 37.6 Å². The molecule has 0 saturated carbocycles. The van der Waals surface area contributed by atoms with Crippen molar-refractivity contribution in [2.45, 2.75) is 19.4 Å². The van der Waals surface area contributed by atoms with Crippen molar-refractivity contribution in [2.24, 2.45) is 0 Å². The van der Waals surface area contributed by atoms with Crippen LogP contribution in [0.5, 0.6) is 17.4 Å². The smallest absolute Gasteiger partial charge is 0.481 e. The summed E-state index contributed by atoms with van der Waals surface area (Å²) in [5, 5.41) is 26.7. The number of hydrogen-bond donors (Lipinski definition) is 3. The quantitative estimate of drug-likeness (QED) is 0.414. The van der Waals surface area contributed by atoms with Gasteiger partial charge in [-0.1, -0.05) is 0 Å². The van der Waals surface area contributed by atoms with Gasteiger partial charge in [0.1, 0.15) is 11.5 Å². The lowest BCUT2D eigenvalue weighted by Gasteiger charge is -2.15. The molecule has 0 spiro atoms. The summed E-state index contributed by atoms with van der Waals surface area (Å²) in [6, 6.07) is 3.00. The number of carboxylic acids is 1. The first-order chi connectivity index (χ1) is 11.9. The number of ether oxygens (including phenoxy) is 2. The zero-order valence-corrected chi connectivity index (χ0v) is 13.2. The Morgan fingerprint density at radius 1 is 1.44 bits per heavy atom. The van der Waals surface area contributed by atoms with E-state index >= 15 is 0 Å². The molecule has 1 aliphatic heterocycles. The summed E-state index contributed by atoms with van der Waals surface area (Å²) in [6.07, 6.45) is 3.14. The molecule has 0 aliphatic carbocycles. The molecule has 1 aliphatic rings. The zero-order valence-electron chi connectivity index (χ0n) is 13.2. The fourth-order valence-electron chi connectivity index (χ4n) is 2.54. The van der Waals surface area contributed by atoms with Crippen molar-refractivity contribution in [1.29, 1.82) is 5.41 Å². The number of fused-ring (bicyclic) bond motifs is 1. The molecule has 2 heterocycles. The van der Waals surface area contributed by atoms with Crippen LogP contribution in [0.2, 0.25) is 0 Å². The SMILES string of the molecule is CC(=N)Oc1cc(Oc2cnccn2)cc2c1C(CC(=O)O)OB2O. The topological polar surface area (TPSA) is 135 Å². The maximum absolute atomic E-state index is 11.0. The van der Waals surface area contributed by atoms with E-state index in [1.807, 2.05) is 0 Å². The Morgan fingerprint density at radius 3 is 2.88 bits per heavy atom. The van der Waals surface area contributed by atoms with E-state index in [4.69, 9.17) is 24.6 Å². The largest absolute Gasteiger partial charge is 0.492 e. The molecule has 3 N–H and O–H groups in total. The van der Waals surface area contributed by atoms with Crippen LogP contribution in [0.3, 0.4) is 0 Å². The van der Waals surface area contributed by atoms with Crippen molar-refractivity contribution in [2.75, 3.05) is 0 Å². The normalized spacial score (nSPS) is 15.6. The van der Waals surface area contributed by atoms with Crippen LogP contribution >= 0.6 is 0 Å². The number of hydrogen-bond acceptors (Lipinski definition) is 8. The fourth-order valence-corrected chi connectivity index (χ4v) is 2.54. The van der Waals surface area contributed by atoms with Gasteiger partial charge in [-0.3, -0.25) is 15.2 Å². The van der Waals surface area contributed by atoms with E-state index in [9.17, 15) is 9.82 Å². The van der Waals surface area contributed by atoms with E-state index in [0.29, 0.717) is 11.0 Å². The van der Waals surface area contributed by atoms with Crippen LogP contribution in [0.4, 0.5) is 0 Å². The standard InChI is InChI=1S/C15H14BN3O6/c1-8(17)23-11-5-9(24-13-7-18-2-3-19-13)4-10-15(11)12(6-14(20)21)25-16(10)22/h2-5,7,12,17,22H,6H2,1H3,(H,20,21). The van der Waals surface area contributed by atoms with Gasteiger partial charge < -0.3 is 24.3 Å². The summed E-state index contributed by atoms with van der Waals surface area (Å²) in [7, 11) is -1.32. The van der Waals surface area contributed by atoms with Crippen molar-refractivity contribution in [3.8, 4) is 17.4 Å². The number of aliphatic carboxylic acids is 1. The highest BCUT2D eigenvalue weighted by atomic mass is 16.5. The molecule has 1 aromatic carbocycles. The van der Waals surface area contributed by atoms with Gasteiger partial charge in [-0.15, -0.1) is 0 Å². The van der Waals surface area contributed by atoms with Crippen molar-refractivity contribution >= 4 is 24.4 Å². The Balaban J connectivity index is 2.02. The molecule has 1 atom stereocenters. The molecule has 9 nitrogen and oxygen atoms in total.